The van der Waals surface area contributed by atoms with Gasteiger partial charge in [-0.05, 0) is 35.7 Å². The van der Waals surface area contributed by atoms with E-state index in [1.165, 1.54) is 0 Å². The third-order valence-electron chi connectivity index (χ3n) is 5.13. The molecule has 1 aliphatic heterocycles. The molecular formula is C21H21N3O2. The van der Waals surface area contributed by atoms with Gasteiger partial charge in [0.15, 0.2) is 0 Å². The second-order valence-electron chi connectivity index (χ2n) is 6.71. The van der Waals surface area contributed by atoms with Gasteiger partial charge in [-0.25, -0.2) is 0 Å². The van der Waals surface area contributed by atoms with Crippen molar-refractivity contribution in [2.24, 2.45) is 0 Å². The van der Waals surface area contributed by atoms with E-state index in [-0.39, 0.29) is 18.2 Å². The Morgan fingerprint density at radius 3 is 2.81 bits per heavy atom. The predicted octanol–water partition coefficient (Wildman–Crippen LogP) is 2.72. The molecule has 0 fully saturated rings. The van der Waals surface area contributed by atoms with Crippen LogP contribution < -0.4 is 10.2 Å². The summed E-state index contributed by atoms with van der Waals surface area (Å²) in [6, 6.07) is 13.3. The lowest BCUT2D eigenvalue weighted by Gasteiger charge is -2.24. The Balaban J connectivity index is 1.70. The Morgan fingerprint density at radius 1 is 1.19 bits per heavy atom. The number of nitrogens with zero attached hydrogens (tertiary/aromatic N) is 1. The van der Waals surface area contributed by atoms with Crippen molar-refractivity contribution in [3.63, 3.8) is 0 Å². The quantitative estimate of drug-likeness (QED) is 0.765. The second kappa shape index (κ2) is 6.33. The molecule has 0 spiro atoms. The van der Waals surface area contributed by atoms with E-state index < -0.39 is 6.04 Å². The van der Waals surface area contributed by atoms with Gasteiger partial charge in [-0.2, -0.15) is 0 Å². The number of aromatic nitrogens is 1. The van der Waals surface area contributed by atoms with Gasteiger partial charge >= 0.3 is 0 Å². The minimum absolute atomic E-state index is 0.0623. The minimum Gasteiger partial charge on any atom is -0.361 e. The number of aryl methyl sites for hydroxylation is 1. The molecule has 1 unspecified atom stereocenters. The Kier molecular flexibility index (Phi) is 3.99. The molecule has 5 nitrogen and oxygen atoms in total. The van der Waals surface area contributed by atoms with Gasteiger partial charge in [0, 0.05) is 36.3 Å². The molecule has 26 heavy (non-hydrogen) atoms. The normalized spacial score (nSPS) is 15.9. The van der Waals surface area contributed by atoms with Crippen LogP contribution in [0.1, 0.15) is 16.7 Å². The highest BCUT2D eigenvalue weighted by atomic mass is 16.2. The Labute approximate surface area is 152 Å². The van der Waals surface area contributed by atoms with Crippen molar-refractivity contribution in [3.8, 4) is 0 Å². The highest BCUT2D eigenvalue weighted by Gasteiger charge is 2.37. The van der Waals surface area contributed by atoms with Gasteiger partial charge in [0.05, 0.1) is 6.42 Å². The van der Waals surface area contributed by atoms with Crippen molar-refractivity contribution in [1.29, 1.82) is 0 Å². The van der Waals surface area contributed by atoms with E-state index in [9.17, 15) is 9.59 Å². The van der Waals surface area contributed by atoms with E-state index in [4.69, 9.17) is 0 Å². The third kappa shape index (κ3) is 2.56. The van der Waals surface area contributed by atoms with Crippen LogP contribution in [0, 0.1) is 6.92 Å². The van der Waals surface area contributed by atoms with E-state index >= 15 is 0 Å². The van der Waals surface area contributed by atoms with Crippen molar-refractivity contribution in [2.75, 3.05) is 11.9 Å². The van der Waals surface area contributed by atoms with E-state index in [1.807, 2.05) is 55.6 Å². The van der Waals surface area contributed by atoms with Crippen molar-refractivity contribution >= 4 is 28.4 Å². The second-order valence-corrected chi connectivity index (χ2v) is 6.71. The molecule has 2 heterocycles. The number of nitrogens with one attached hydrogen (secondary N) is 2. The first kappa shape index (κ1) is 16.4. The SMILES string of the molecule is CNC(=O)C1Cc2ccccc2N1C(=O)Cc1c[nH]c2cccc(C)c12. The fourth-order valence-electron chi connectivity index (χ4n) is 3.91. The molecule has 1 aromatic heterocycles. The van der Waals surface area contributed by atoms with Crippen LogP contribution in [-0.2, 0) is 22.4 Å². The molecular weight excluding hydrogens is 326 g/mol. The van der Waals surface area contributed by atoms with E-state index in [1.54, 1.807) is 11.9 Å². The van der Waals surface area contributed by atoms with Gasteiger partial charge in [-0.3, -0.25) is 14.5 Å². The first-order chi connectivity index (χ1) is 12.6. The Hall–Kier alpha value is -3.08. The standard InChI is InChI=1S/C21H21N3O2/c1-13-6-5-8-16-20(13)15(12-23-16)11-19(25)24-17-9-4-3-7-14(17)10-18(24)21(26)22-2/h3-9,12,18,23H,10-11H2,1-2H3,(H,22,26). The molecule has 0 saturated carbocycles. The van der Waals surface area contributed by atoms with Crippen molar-refractivity contribution in [3.05, 3.63) is 65.4 Å². The molecule has 0 aliphatic carbocycles. The number of para-hydroxylation sites is 1. The maximum absolute atomic E-state index is 13.2. The van der Waals surface area contributed by atoms with Gasteiger partial charge in [-0.1, -0.05) is 30.3 Å². The summed E-state index contributed by atoms with van der Waals surface area (Å²) in [5.74, 6) is -0.197. The summed E-state index contributed by atoms with van der Waals surface area (Å²) in [5.41, 5.74) is 4.99. The van der Waals surface area contributed by atoms with Crippen molar-refractivity contribution < 1.29 is 9.59 Å². The zero-order chi connectivity index (χ0) is 18.3. The van der Waals surface area contributed by atoms with Crippen LogP contribution in [0.5, 0.6) is 0 Å². The monoisotopic (exact) mass is 347 g/mol. The van der Waals surface area contributed by atoms with Crippen LogP contribution in [0.15, 0.2) is 48.7 Å². The molecule has 1 atom stereocenters. The molecule has 2 N–H and O–H groups in total. The number of carbonyl (C=O) groups excluding carboxylic acids is 2. The smallest absolute Gasteiger partial charge is 0.243 e. The predicted molar refractivity (Wildman–Crippen MR) is 102 cm³/mol. The molecule has 1 aliphatic rings. The fraction of sp³-hybridized carbons (Fsp3) is 0.238. The van der Waals surface area contributed by atoms with Gasteiger partial charge in [0.2, 0.25) is 11.8 Å². The van der Waals surface area contributed by atoms with Crippen molar-refractivity contribution in [1.82, 2.24) is 10.3 Å². The Morgan fingerprint density at radius 2 is 2.00 bits per heavy atom. The number of hydrogen-bond donors (Lipinski definition) is 2. The molecule has 0 bridgehead atoms. The molecule has 5 heteroatoms. The number of fused-ring (bicyclic) bond motifs is 2. The largest absolute Gasteiger partial charge is 0.361 e. The number of hydrogen-bond acceptors (Lipinski definition) is 2. The summed E-state index contributed by atoms with van der Waals surface area (Å²) in [6.45, 7) is 2.04. The summed E-state index contributed by atoms with van der Waals surface area (Å²) in [6.07, 6.45) is 2.70. The summed E-state index contributed by atoms with van der Waals surface area (Å²) >= 11 is 0. The van der Waals surface area contributed by atoms with Gasteiger partial charge < -0.3 is 10.3 Å². The lowest BCUT2D eigenvalue weighted by Crippen LogP contribution is -2.47. The number of H-pyrrole nitrogens is 1. The topological polar surface area (TPSA) is 65.2 Å². The summed E-state index contributed by atoms with van der Waals surface area (Å²) in [4.78, 5) is 30.4. The highest BCUT2D eigenvalue weighted by molar-refractivity contribution is 6.05. The molecule has 132 valence electrons. The average Bonchev–Trinajstić information content (AvgIpc) is 3.23. The molecule has 2 amide bonds. The number of benzene rings is 2. The molecule has 3 aromatic rings. The van der Waals surface area contributed by atoms with Gasteiger partial charge in [0.25, 0.3) is 0 Å². The van der Waals surface area contributed by atoms with E-state index in [0.29, 0.717) is 6.42 Å². The van der Waals surface area contributed by atoms with Crippen LogP contribution in [0.3, 0.4) is 0 Å². The summed E-state index contributed by atoms with van der Waals surface area (Å²) < 4.78 is 0. The summed E-state index contributed by atoms with van der Waals surface area (Å²) in [5, 5.41) is 3.77. The number of amides is 2. The van der Waals surface area contributed by atoms with E-state index in [0.717, 1.165) is 33.3 Å². The van der Waals surface area contributed by atoms with Crippen LogP contribution in [0.4, 0.5) is 5.69 Å². The highest BCUT2D eigenvalue weighted by Crippen LogP contribution is 2.33. The number of anilines is 1. The summed E-state index contributed by atoms with van der Waals surface area (Å²) in [7, 11) is 1.61. The van der Waals surface area contributed by atoms with Crippen LogP contribution in [0.25, 0.3) is 10.9 Å². The lowest BCUT2D eigenvalue weighted by atomic mass is 10.0. The van der Waals surface area contributed by atoms with Gasteiger partial charge in [0.1, 0.15) is 6.04 Å². The molecule has 0 radical (unpaired) electrons. The zero-order valence-electron chi connectivity index (χ0n) is 14.9. The maximum Gasteiger partial charge on any atom is 0.243 e. The molecule has 2 aromatic carbocycles. The zero-order valence-corrected chi connectivity index (χ0v) is 14.9. The number of rotatable bonds is 3. The molecule has 0 saturated heterocycles. The number of carbonyl (C=O) groups is 2. The minimum atomic E-state index is -0.490. The van der Waals surface area contributed by atoms with Crippen LogP contribution in [0.2, 0.25) is 0 Å². The number of likely N-dealkylation sites (N-methyl/N-ethyl adjacent to an activating group) is 1. The Bertz CT molecular complexity index is 1010. The first-order valence-electron chi connectivity index (χ1n) is 8.77. The number of aromatic amines is 1. The third-order valence-corrected chi connectivity index (χ3v) is 5.13. The lowest BCUT2D eigenvalue weighted by molar-refractivity contribution is -0.125. The van der Waals surface area contributed by atoms with Crippen LogP contribution >= 0.6 is 0 Å². The fourth-order valence-corrected chi connectivity index (χ4v) is 3.91. The molecule has 4 rings (SSSR count). The first-order valence-corrected chi connectivity index (χ1v) is 8.77. The van der Waals surface area contributed by atoms with E-state index in [2.05, 4.69) is 10.3 Å². The maximum atomic E-state index is 13.2. The van der Waals surface area contributed by atoms with Crippen molar-refractivity contribution in [2.45, 2.75) is 25.8 Å². The average molecular weight is 347 g/mol. The van der Waals surface area contributed by atoms with Crippen LogP contribution in [-0.4, -0.2) is 29.9 Å². The van der Waals surface area contributed by atoms with Gasteiger partial charge in [-0.15, -0.1) is 0 Å².